The molecule has 2 aromatic carbocycles. The largest absolute Gasteiger partial charge is 0.373 e. The zero-order chi connectivity index (χ0) is 15.0. The van der Waals surface area contributed by atoms with Gasteiger partial charge in [0.2, 0.25) is 0 Å². The minimum absolute atomic E-state index is 0.307. The van der Waals surface area contributed by atoms with Crippen LogP contribution in [0.3, 0.4) is 0 Å². The Bertz CT molecular complexity index is 833. The summed E-state index contributed by atoms with van der Waals surface area (Å²) >= 11 is 5.98. The van der Waals surface area contributed by atoms with E-state index in [4.69, 9.17) is 11.6 Å². The summed E-state index contributed by atoms with van der Waals surface area (Å²) in [5.41, 5.74) is 2.59. The van der Waals surface area contributed by atoms with E-state index < -0.39 is 0 Å². The van der Waals surface area contributed by atoms with Crippen LogP contribution in [0.1, 0.15) is 5.56 Å². The van der Waals surface area contributed by atoms with Crippen molar-refractivity contribution in [3.05, 3.63) is 52.8 Å². The summed E-state index contributed by atoms with van der Waals surface area (Å²) in [5, 5.41) is 4.33. The summed E-state index contributed by atoms with van der Waals surface area (Å²) in [4.78, 5) is 9.01. The third kappa shape index (κ3) is 2.54. The summed E-state index contributed by atoms with van der Waals surface area (Å²) in [6.07, 6.45) is 0. The van der Waals surface area contributed by atoms with Gasteiger partial charge in [0.15, 0.2) is 5.82 Å². The van der Waals surface area contributed by atoms with Crippen LogP contribution in [0, 0.1) is 12.7 Å². The molecule has 1 N–H and O–H groups in total. The molecule has 3 rings (SSSR count). The molecule has 0 aliphatic carbocycles. The highest BCUT2D eigenvalue weighted by Crippen LogP contribution is 2.28. The molecule has 0 fully saturated rings. The fourth-order valence-electron chi connectivity index (χ4n) is 2.29. The number of hydrogen-bond acceptors (Lipinski definition) is 3. The first-order valence-corrected chi connectivity index (χ1v) is 6.88. The number of fused-ring (bicyclic) bond motifs is 1. The zero-order valence-corrected chi connectivity index (χ0v) is 12.4. The minimum Gasteiger partial charge on any atom is -0.373 e. The zero-order valence-electron chi connectivity index (χ0n) is 11.6. The van der Waals surface area contributed by atoms with Gasteiger partial charge in [-0.3, -0.25) is 0 Å². The van der Waals surface area contributed by atoms with Crippen LogP contribution in [0.4, 0.5) is 10.2 Å². The molecule has 5 heteroatoms. The number of anilines is 1. The van der Waals surface area contributed by atoms with E-state index in [2.05, 4.69) is 15.3 Å². The summed E-state index contributed by atoms with van der Waals surface area (Å²) in [5.74, 6) is 0.884. The molecule has 21 heavy (non-hydrogen) atoms. The van der Waals surface area contributed by atoms with Crippen LogP contribution in [0.25, 0.3) is 22.3 Å². The van der Waals surface area contributed by atoms with Gasteiger partial charge in [-0.05, 0) is 48.9 Å². The standard InChI is InChI=1S/C16H13ClFN3/c1-9-7-10(17)3-5-12(9)16-20-14-6-4-11(18)8-13(14)15(19-2)21-16/h3-8H,1-2H3,(H,19,20,21). The third-order valence-corrected chi connectivity index (χ3v) is 3.56. The first-order chi connectivity index (χ1) is 10.1. The summed E-state index contributed by atoms with van der Waals surface area (Å²) in [6.45, 7) is 1.96. The molecule has 0 saturated heterocycles. The maximum Gasteiger partial charge on any atom is 0.162 e. The van der Waals surface area contributed by atoms with Gasteiger partial charge in [-0.1, -0.05) is 11.6 Å². The molecule has 106 valence electrons. The van der Waals surface area contributed by atoms with Crippen LogP contribution >= 0.6 is 11.6 Å². The number of nitrogens with zero attached hydrogens (tertiary/aromatic N) is 2. The van der Waals surface area contributed by atoms with E-state index in [1.54, 1.807) is 19.2 Å². The second-order valence-corrected chi connectivity index (χ2v) is 5.20. The fourth-order valence-corrected chi connectivity index (χ4v) is 2.52. The number of benzene rings is 2. The summed E-state index contributed by atoms with van der Waals surface area (Å²) in [7, 11) is 1.76. The Hall–Kier alpha value is -2.20. The Morgan fingerprint density at radius 3 is 2.62 bits per heavy atom. The van der Waals surface area contributed by atoms with Crippen LogP contribution in [0.5, 0.6) is 0 Å². The molecular weight excluding hydrogens is 289 g/mol. The highest BCUT2D eigenvalue weighted by Gasteiger charge is 2.11. The van der Waals surface area contributed by atoms with E-state index in [1.165, 1.54) is 12.1 Å². The maximum atomic E-state index is 13.4. The molecular formula is C16H13ClFN3. The molecule has 3 aromatic rings. The molecule has 1 heterocycles. The van der Waals surface area contributed by atoms with Gasteiger partial charge >= 0.3 is 0 Å². The Kier molecular flexibility index (Phi) is 3.47. The van der Waals surface area contributed by atoms with Gasteiger partial charge in [0.05, 0.1) is 5.52 Å². The second kappa shape index (κ2) is 5.30. The Morgan fingerprint density at radius 1 is 1.10 bits per heavy atom. The summed E-state index contributed by atoms with van der Waals surface area (Å²) < 4.78 is 13.4. The van der Waals surface area contributed by atoms with Gasteiger partial charge in [0, 0.05) is 23.0 Å². The highest BCUT2D eigenvalue weighted by atomic mass is 35.5. The lowest BCUT2D eigenvalue weighted by atomic mass is 10.1. The van der Waals surface area contributed by atoms with Crippen LogP contribution in [0.2, 0.25) is 5.02 Å². The van der Waals surface area contributed by atoms with Crippen molar-refractivity contribution in [2.75, 3.05) is 12.4 Å². The number of aryl methyl sites for hydroxylation is 1. The quantitative estimate of drug-likeness (QED) is 0.760. The van der Waals surface area contributed by atoms with E-state index in [-0.39, 0.29) is 5.82 Å². The van der Waals surface area contributed by atoms with Gasteiger partial charge in [0.1, 0.15) is 11.6 Å². The van der Waals surface area contributed by atoms with Gasteiger partial charge < -0.3 is 5.32 Å². The van der Waals surface area contributed by atoms with E-state index in [0.29, 0.717) is 27.6 Å². The fraction of sp³-hybridized carbons (Fsp3) is 0.125. The van der Waals surface area contributed by atoms with Gasteiger partial charge in [-0.15, -0.1) is 0 Å². The Balaban J connectivity index is 2.26. The predicted molar refractivity (Wildman–Crippen MR) is 84.2 cm³/mol. The second-order valence-electron chi connectivity index (χ2n) is 4.77. The Labute approximate surface area is 126 Å². The SMILES string of the molecule is CNc1nc(-c2ccc(Cl)cc2C)nc2ccc(F)cc12. The molecule has 0 aliphatic rings. The van der Waals surface area contributed by atoms with Gasteiger partial charge in [-0.2, -0.15) is 0 Å². The molecule has 3 nitrogen and oxygen atoms in total. The lowest BCUT2D eigenvalue weighted by molar-refractivity contribution is 0.629. The van der Waals surface area contributed by atoms with Crippen molar-refractivity contribution < 1.29 is 4.39 Å². The first kappa shape index (κ1) is 13.8. The Morgan fingerprint density at radius 2 is 1.90 bits per heavy atom. The van der Waals surface area contributed by atoms with Crippen LogP contribution in [-0.4, -0.2) is 17.0 Å². The predicted octanol–water partition coefficient (Wildman–Crippen LogP) is 4.44. The summed E-state index contributed by atoms with van der Waals surface area (Å²) in [6, 6.07) is 10.0. The van der Waals surface area contributed by atoms with Crippen molar-refractivity contribution >= 4 is 28.3 Å². The van der Waals surface area contributed by atoms with Crippen molar-refractivity contribution in [1.29, 1.82) is 0 Å². The lowest BCUT2D eigenvalue weighted by Gasteiger charge is -2.10. The monoisotopic (exact) mass is 301 g/mol. The number of nitrogens with one attached hydrogen (secondary N) is 1. The van der Waals surface area contributed by atoms with E-state index >= 15 is 0 Å². The van der Waals surface area contributed by atoms with Crippen molar-refractivity contribution in [3.63, 3.8) is 0 Å². The van der Waals surface area contributed by atoms with Crippen LogP contribution < -0.4 is 5.32 Å². The minimum atomic E-state index is -0.307. The van der Waals surface area contributed by atoms with E-state index in [1.807, 2.05) is 19.1 Å². The van der Waals surface area contributed by atoms with Crippen molar-refractivity contribution in [1.82, 2.24) is 9.97 Å². The molecule has 1 aromatic heterocycles. The first-order valence-electron chi connectivity index (χ1n) is 6.50. The highest BCUT2D eigenvalue weighted by molar-refractivity contribution is 6.30. The molecule has 0 bridgehead atoms. The molecule has 0 unspecified atom stereocenters. The van der Waals surface area contributed by atoms with Crippen molar-refractivity contribution in [2.24, 2.45) is 0 Å². The smallest absolute Gasteiger partial charge is 0.162 e. The third-order valence-electron chi connectivity index (χ3n) is 3.32. The molecule has 0 atom stereocenters. The number of rotatable bonds is 2. The van der Waals surface area contributed by atoms with Crippen LogP contribution in [-0.2, 0) is 0 Å². The normalized spacial score (nSPS) is 10.9. The van der Waals surface area contributed by atoms with E-state index in [0.717, 1.165) is 11.1 Å². The number of aromatic nitrogens is 2. The molecule has 0 saturated carbocycles. The molecule has 0 spiro atoms. The number of hydrogen-bond donors (Lipinski definition) is 1. The number of halogens is 2. The molecule has 0 radical (unpaired) electrons. The average molecular weight is 302 g/mol. The maximum absolute atomic E-state index is 13.4. The van der Waals surface area contributed by atoms with Crippen LogP contribution in [0.15, 0.2) is 36.4 Å². The van der Waals surface area contributed by atoms with Gasteiger partial charge in [-0.25, -0.2) is 14.4 Å². The van der Waals surface area contributed by atoms with Crippen molar-refractivity contribution in [2.45, 2.75) is 6.92 Å². The molecule has 0 aliphatic heterocycles. The van der Waals surface area contributed by atoms with E-state index in [9.17, 15) is 4.39 Å². The average Bonchev–Trinajstić information content (AvgIpc) is 2.46. The topological polar surface area (TPSA) is 37.8 Å². The lowest BCUT2D eigenvalue weighted by Crippen LogP contribution is -2.00. The van der Waals surface area contributed by atoms with Gasteiger partial charge in [0.25, 0.3) is 0 Å². The van der Waals surface area contributed by atoms with Crippen molar-refractivity contribution in [3.8, 4) is 11.4 Å². The molecule has 0 amide bonds.